The Labute approximate surface area is 60.2 Å². The van der Waals surface area contributed by atoms with E-state index in [2.05, 4.69) is 0 Å². The van der Waals surface area contributed by atoms with E-state index in [1.165, 1.54) is 0 Å². The standard InChI is InChI=1S/Na.2H2O.2O.W/h;2*1H2;;;/q;;;;;+2/p-2. The Bertz CT molecular complexity index is 90.7. The Hall–Kier alpha value is 1.21. The van der Waals surface area contributed by atoms with Crippen molar-refractivity contribution in [1.29, 1.82) is 0 Å². The van der Waals surface area contributed by atoms with Crippen LogP contribution in [0.5, 0.6) is 0 Å². The summed E-state index contributed by atoms with van der Waals surface area (Å²) < 4.78 is 32.1. The number of hydrogen-bond acceptors (Lipinski definition) is 2. The summed E-state index contributed by atoms with van der Waals surface area (Å²) >= 11 is -5.67. The van der Waals surface area contributed by atoms with Gasteiger partial charge in [-0.05, 0) is 0 Å². The predicted octanol–water partition coefficient (Wildman–Crippen LogP) is -1.73. The van der Waals surface area contributed by atoms with E-state index < -0.39 is 16.7 Å². The van der Waals surface area contributed by atoms with Crippen LogP contribution < -0.4 is 0 Å². The van der Waals surface area contributed by atoms with Gasteiger partial charge in [0.05, 0.1) is 0 Å². The molecule has 0 spiro atoms. The molecule has 0 aromatic rings. The molecule has 2 N–H and O–H groups in total. The molecule has 0 aliphatic heterocycles. The minimum absolute atomic E-state index is 0. The van der Waals surface area contributed by atoms with Crippen LogP contribution >= 0.6 is 0 Å². The van der Waals surface area contributed by atoms with Gasteiger partial charge in [0.1, 0.15) is 0 Å². The first kappa shape index (κ1) is 10.2. The van der Waals surface area contributed by atoms with Crippen LogP contribution in [-0.2, 0) is 23.5 Å². The third-order valence-corrected chi connectivity index (χ3v) is 0. The first-order valence-corrected chi connectivity index (χ1v) is 5.72. The molecule has 0 heterocycles. The van der Waals surface area contributed by atoms with Crippen molar-refractivity contribution in [3.63, 3.8) is 0 Å². The van der Waals surface area contributed by atoms with E-state index in [-0.39, 0.29) is 29.6 Å². The zero-order valence-electron chi connectivity index (χ0n) is 3.12. The Balaban J connectivity index is 0. The van der Waals surface area contributed by atoms with Crippen LogP contribution in [0.15, 0.2) is 0 Å². The molecule has 0 fully saturated rings. The summed E-state index contributed by atoms with van der Waals surface area (Å²) in [7, 11) is 0. The maximum atomic E-state index is 8.87. The fourth-order valence-corrected chi connectivity index (χ4v) is 0. The Morgan fingerprint density at radius 1 is 1.17 bits per heavy atom. The van der Waals surface area contributed by atoms with Gasteiger partial charge in [-0.1, -0.05) is 0 Å². The summed E-state index contributed by atoms with van der Waals surface area (Å²) in [5, 5.41) is 0. The Kier molecular flexibility index (Phi) is 5.53. The van der Waals surface area contributed by atoms with Crippen LogP contribution in [0, 0.1) is 0 Å². The summed E-state index contributed by atoms with van der Waals surface area (Å²) in [6.07, 6.45) is 0. The van der Waals surface area contributed by atoms with Crippen molar-refractivity contribution in [3.8, 4) is 0 Å². The van der Waals surface area contributed by atoms with Crippen molar-refractivity contribution in [2.24, 2.45) is 0 Å². The van der Waals surface area contributed by atoms with Gasteiger partial charge >= 0.3 is 31.1 Å². The molecule has 0 saturated heterocycles. The topological polar surface area (TPSA) is 74.6 Å². The average molecular weight is 273 g/mol. The SMILES string of the molecule is [Na].[O]=[W](=[O])([OH])[OH]. The van der Waals surface area contributed by atoms with Gasteiger partial charge in [-0.3, -0.25) is 0 Å². The molecule has 0 atom stereocenters. The average Bonchev–Trinajstić information content (AvgIpc) is 0.722. The second-order valence-electron chi connectivity index (χ2n) is 0.448. The number of hydrogen-bond donors (Lipinski definition) is 2. The Morgan fingerprint density at radius 2 is 1.17 bits per heavy atom. The van der Waals surface area contributed by atoms with Crippen molar-refractivity contribution in [2.45, 2.75) is 0 Å². The van der Waals surface area contributed by atoms with E-state index in [0.717, 1.165) is 0 Å². The van der Waals surface area contributed by atoms with Gasteiger partial charge in [-0.2, -0.15) is 0 Å². The molecule has 0 aromatic carbocycles. The zero-order chi connectivity index (χ0) is 4.50. The van der Waals surface area contributed by atoms with Crippen LogP contribution in [0.1, 0.15) is 0 Å². The second kappa shape index (κ2) is 3.24. The molecule has 0 aliphatic rings. The van der Waals surface area contributed by atoms with Gasteiger partial charge in [-0.25, -0.2) is 0 Å². The van der Waals surface area contributed by atoms with E-state index in [9.17, 15) is 0 Å². The third-order valence-electron chi connectivity index (χ3n) is 0. The van der Waals surface area contributed by atoms with E-state index in [1.54, 1.807) is 0 Å². The quantitative estimate of drug-likeness (QED) is 0.514. The van der Waals surface area contributed by atoms with E-state index in [0.29, 0.717) is 0 Å². The van der Waals surface area contributed by atoms with Gasteiger partial charge in [0, 0.05) is 29.6 Å². The first-order valence-electron chi connectivity index (χ1n) is 0.698. The van der Waals surface area contributed by atoms with E-state index >= 15 is 0 Å². The number of rotatable bonds is 0. The van der Waals surface area contributed by atoms with Crippen LogP contribution in [0.4, 0.5) is 0 Å². The molecule has 0 amide bonds. The first-order chi connectivity index (χ1) is 2.00. The molecule has 4 nitrogen and oxygen atoms in total. The van der Waals surface area contributed by atoms with Gasteiger partial charge in [-0.15, -0.1) is 0 Å². The van der Waals surface area contributed by atoms with Crippen molar-refractivity contribution >= 4 is 29.6 Å². The molecule has 0 unspecified atom stereocenters. The third kappa shape index (κ3) is 63.2. The van der Waals surface area contributed by atoms with Crippen LogP contribution in [0.25, 0.3) is 0 Å². The summed E-state index contributed by atoms with van der Waals surface area (Å²) in [5.74, 6) is 0. The van der Waals surface area contributed by atoms with Crippen molar-refractivity contribution in [3.05, 3.63) is 0 Å². The zero-order valence-corrected chi connectivity index (χ0v) is 8.05. The molecule has 0 aliphatic carbocycles. The fourth-order valence-electron chi connectivity index (χ4n) is 0. The predicted molar refractivity (Wildman–Crippen MR) is 11.6 cm³/mol. The van der Waals surface area contributed by atoms with E-state index in [4.69, 9.17) is 14.3 Å². The molecule has 0 rings (SSSR count). The van der Waals surface area contributed by atoms with Crippen LogP contribution in [-0.4, -0.2) is 37.1 Å². The van der Waals surface area contributed by atoms with Crippen molar-refractivity contribution < 1.29 is 31.1 Å². The van der Waals surface area contributed by atoms with Gasteiger partial charge in [0.2, 0.25) is 0 Å². The van der Waals surface area contributed by atoms with Gasteiger partial charge in [0.25, 0.3) is 0 Å². The molecular formula is H2NaO4W. The summed E-state index contributed by atoms with van der Waals surface area (Å²) in [6, 6.07) is 0. The molecule has 6 heteroatoms. The normalized spacial score (nSPS) is 9.67. The minimum atomic E-state index is -5.67. The molecular weight excluding hydrogens is 271 g/mol. The fraction of sp³-hybridized carbons (Fsp3) is 0. The molecule has 33 valence electrons. The van der Waals surface area contributed by atoms with E-state index in [1.807, 2.05) is 0 Å². The monoisotopic (exact) mass is 273 g/mol. The summed E-state index contributed by atoms with van der Waals surface area (Å²) in [6.45, 7) is 0. The molecule has 0 saturated carbocycles. The Morgan fingerprint density at radius 3 is 1.17 bits per heavy atom. The van der Waals surface area contributed by atoms with Crippen molar-refractivity contribution in [1.82, 2.24) is 0 Å². The summed E-state index contributed by atoms with van der Waals surface area (Å²) in [4.78, 5) is 0. The van der Waals surface area contributed by atoms with Crippen LogP contribution in [0.2, 0.25) is 0 Å². The molecule has 1 radical (unpaired) electrons. The second-order valence-corrected chi connectivity index (χ2v) is 3.67. The van der Waals surface area contributed by atoms with Gasteiger partial charge < -0.3 is 0 Å². The van der Waals surface area contributed by atoms with Gasteiger partial charge in [0.15, 0.2) is 0 Å². The van der Waals surface area contributed by atoms with Crippen molar-refractivity contribution in [2.75, 3.05) is 0 Å². The molecule has 0 aromatic heterocycles. The summed E-state index contributed by atoms with van der Waals surface area (Å²) in [5.41, 5.74) is 0. The molecule has 6 heavy (non-hydrogen) atoms. The maximum absolute atomic E-state index is 8.87. The van der Waals surface area contributed by atoms with Crippen LogP contribution in [0.3, 0.4) is 0 Å². The molecule has 0 bridgehead atoms.